The van der Waals surface area contributed by atoms with Crippen molar-refractivity contribution in [1.82, 2.24) is 4.90 Å². The van der Waals surface area contributed by atoms with Crippen molar-refractivity contribution in [2.24, 2.45) is 0 Å². The molecule has 2 nitrogen and oxygen atoms in total. The quantitative estimate of drug-likeness (QED) is 0.765. The van der Waals surface area contributed by atoms with Crippen molar-refractivity contribution in [3.8, 4) is 0 Å². The summed E-state index contributed by atoms with van der Waals surface area (Å²) in [6, 6.07) is 3.11. The summed E-state index contributed by atoms with van der Waals surface area (Å²) in [6.07, 6.45) is 3.37. The number of carbonyl (C=O) groups excluding carboxylic acids is 1. The van der Waals surface area contributed by atoms with Crippen LogP contribution in [0.1, 0.15) is 49.9 Å². The van der Waals surface area contributed by atoms with Gasteiger partial charge in [-0.1, -0.05) is 26.7 Å². The molecule has 1 aromatic rings. The van der Waals surface area contributed by atoms with Gasteiger partial charge in [0.25, 0.3) is 0 Å². The number of Topliss-reactive ketones (excluding diaryl/α,β-unsaturated/α-hetero) is 1. The van der Waals surface area contributed by atoms with Gasteiger partial charge in [-0.2, -0.15) is 0 Å². The number of hydrogen-bond acceptors (Lipinski definition) is 2. The zero-order valence-corrected chi connectivity index (χ0v) is 12.1. The van der Waals surface area contributed by atoms with Gasteiger partial charge in [0.1, 0.15) is 11.6 Å². The molecule has 4 heteroatoms. The van der Waals surface area contributed by atoms with Crippen LogP contribution in [0.25, 0.3) is 0 Å². The largest absolute Gasteiger partial charge is 0.292 e. The first-order valence-corrected chi connectivity index (χ1v) is 7.30. The molecular formula is C16H21F2NO. The van der Waals surface area contributed by atoms with E-state index in [4.69, 9.17) is 0 Å². The minimum atomic E-state index is -0.655. The van der Waals surface area contributed by atoms with Gasteiger partial charge in [0, 0.05) is 0 Å². The van der Waals surface area contributed by atoms with E-state index < -0.39 is 17.2 Å². The van der Waals surface area contributed by atoms with Crippen molar-refractivity contribution >= 4 is 5.78 Å². The predicted octanol–water partition coefficient (Wildman–Crippen LogP) is 3.80. The zero-order chi connectivity index (χ0) is 14.8. The highest BCUT2D eigenvalue weighted by Crippen LogP contribution is 2.38. The smallest absolute Gasteiger partial charge is 0.186 e. The van der Waals surface area contributed by atoms with E-state index in [2.05, 4.69) is 4.90 Å². The summed E-state index contributed by atoms with van der Waals surface area (Å²) in [5, 5.41) is 0. The van der Waals surface area contributed by atoms with Crippen molar-refractivity contribution in [1.29, 1.82) is 0 Å². The molecule has 1 aromatic carbocycles. The fourth-order valence-electron chi connectivity index (χ4n) is 3.40. The second-order valence-corrected chi connectivity index (χ2v) is 5.36. The highest BCUT2D eigenvalue weighted by Gasteiger charge is 2.45. The Morgan fingerprint density at radius 3 is 2.35 bits per heavy atom. The van der Waals surface area contributed by atoms with E-state index in [0.29, 0.717) is 0 Å². The van der Waals surface area contributed by atoms with Crippen LogP contribution < -0.4 is 0 Å². The van der Waals surface area contributed by atoms with Gasteiger partial charge in [0.2, 0.25) is 0 Å². The normalized spacial score (nSPS) is 17.6. The zero-order valence-electron chi connectivity index (χ0n) is 12.1. The Morgan fingerprint density at radius 1 is 1.20 bits per heavy atom. The summed E-state index contributed by atoms with van der Waals surface area (Å²) in [7, 11) is 0. The number of hydrogen-bond donors (Lipinski definition) is 0. The minimum Gasteiger partial charge on any atom is -0.292 e. The Balaban J connectivity index is 2.44. The molecule has 0 saturated heterocycles. The second kappa shape index (κ2) is 6.00. The van der Waals surface area contributed by atoms with Crippen LogP contribution >= 0.6 is 0 Å². The topological polar surface area (TPSA) is 20.3 Å². The van der Waals surface area contributed by atoms with Crippen LogP contribution in [0.15, 0.2) is 18.2 Å². The van der Waals surface area contributed by atoms with Gasteiger partial charge < -0.3 is 0 Å². The van der Waals surface area contributed by atoms with Gasteiger partial charge in [-0.15, -0.1) is 0 Å². The average Bonchev–Trinajstić information content (AvgIpc) is 2.93. The van der Waals surface area contributed by atoms with Crippen molar-refractivity contribution < 1.29 is 13.6 Å². The molecule has 1 saturated carbocycles. The average molecular weight is 281 g/mol. The Bertz CT molecular complexity index is 491. The first kappa shape index (κ1) is 15.1. The summed E-state index contributed by atoms with van der Waals surface area (Å²) < 4.78 is 27.3. The number of ketones is 1. The van der Waals surface area contributed by atoms with E-state index >= 15 is 0 Å². The van der Waals surface area contributed by atoms with E-state index in [9.17, 15) is 13.6 Å². The number of benzene rings is 1. The highest BCUT2D eigenvalue weighted by atomic mass is 19.1. The Morgan fingerprint density at radius 2 is 1.80 bits per heavy atom. The van der Waals surface area contributed by atoms with Crippen LogP contribution in [0.5, 0.6) is 0 Å². The molecule has 1 fully saturated rings. The number of halogens is 2. The monoisotopic (exact) mass is 281 g/mol. The van der Waals surface area contributed by atoms with Crippen molar-refractivity contribution in [3.63, 3.8) is 0 Å². The standard InChI is InChI=1S/C16H21F2NO/c1-3-19(4-2)16(9-5-6-10-16)15(20)13-11-12(17)7-8-14(13)18/h7-8,11H,3-6,9-10H2,1-2H3. The molecule has 1 aliphatic carbocycles. The van der Waals surface area contributed by atoms with Crippen molar-refractivity contribution in [2.75, 3.05) is 13.1 Å². The number of likely N-dealkylation sites (N-methyl/N-ethyl adjacent to an activating group) is 1. The summed E-state index contributed by atoms with van der Waals surface area (Å²) in [4.78, 5) is 14.9. The molecule has 0 bridgehead atoms. The molecule has 0 spiro atoms. The van der Waals surface area contributed by atoms with Gasteiger partial charge in [-0.25, -0.2) is 8.78 Å². The molecule has 0 aliphatic heterocycles. The van der Waals surface area contributed by atoms with Crippen molar-refractivity contribution in [2.45, 2.75) is 45.1 Å². The molecule has 0 amide bonds. The van der Waals surface area contributed by atoms with Crippen LogP contribution in [-0.2, 0) is 0 Å². The molecule has 0 unspecified atom stereocenters. The molecule has 0 N–H and O–H groups in total. The Kier molecular flexibility index (Phi) is 4.53. The van der Waals surface area contributed by atoms with E-state index in [0.717, 1.165) is 57.0 Å². The van der Waals surface area contributed by atoms with E-state index in [1.54, 1.807) is 0 Å². The summed E-state index contributed by atoms with van der Waals surface area (Å²) in [5.74, 6) is -1.46. The fourth-order valence-corrected chi connectivity index (χ4v) is 3.40. The van der Waals surface area contributed by atoms with Crippen LogP contribution in [-0.4, -0.2) is 29.3 Å². The summed E-state index contributed by atoms with van der Waals surface area (Å²) >= 11 is 0. The van der Waals surface area contributed by atoms with Crippen molar-refractivity contribution in [3.05, 3.63) is 35.4 Å². The molecule has 0 aromatic heterocycles. The number of rotatable bonds is 5. The molecule has 0 heterocycles. The fraction of sp³-hybridized carbons (Fsp3) is 0.562. The SMILES string of the molecule is CCN(CC)C1(C(=O)c2cc(F)ccc2F)CCCC1. The first-order chi connectivity index (χ1) is 9.55. The maximum absolute atomic E-state index is 13.9. The molecule has 0 radical (unpaired) electrons. The highest BCUT2D eigenvalue weighted by molar-refractivity contribution is 6.03. The predicted molar refractivity (Wildman–Crippen MR) is 74.8 cm³/mol. The lowest BCUT2D eigenvalue weighted by Crippen LogP contribution is -2.52. The lowest BCUT2D eigenvalue weighted by molar-refractivity contribution is 0.0579. The van der Waals surface area contributed by atoms with Crippen LogP contribution in [0.4, 0.5) is 8.78 Å². The third-order valence-electron chi connectivity index (χ3n) is 4.40. The molecule has 1 aliphatic rings. The maximum atomic E-state index is 13.9. The van der Waals surface area contributed by atoms with Gasteiger partial charge in [-0.05, 0) is 44.1 Å². The lowest BCUT2D eigenvalue weighted by atomic mass is 9.85. The molecule has 20 heavy (non-hydrogen) atoms. The summed E-state index contributed by atoms with van der Waals surface area (Å²) in [6.45, 7) is 5.47. The van der Waals surface area contributed by atoms with Crippen LogP contribution in [0, 0.1) is 11.6 Å². The van der Waals surface area contributed by atoms with Crippen LogP contribution in [0.3, 0.4) is 0 Å². The van der Waals surface area contributed by atoms with Gasteiger partial charge >= 0.3 is 0 Å². The lowest BCUT2D eigenvalue weighted by Gasteiger charge is -2.39. The van der Waals surface area contributed by atoms with E-state index in [1.807, 2.05) is 13.8 Å². The van der Waals surface area contributed by atoms with Gasteiger partial charge in [-0.3, -0.25) is 9.69 Å². The molecule has 0 atom stereocenters. The third-order valence-corrected chi connectivity index (χ3v) is 4.40. The molecule has 110 valence electrons. The van der Waals surface area contributed by atoms with Gasteiger partial charge in [0.05, 0.1) is 11.1 Å². The molecule has 2 rings (SSSR count). The number of carbonyl (C=O) groups is 1. The minimum absolute atomic E-state index is 0.112. The third kappa shape index (κ3) is 2.49. The first-order valence-electron chi connectivity index (χ1n) is 7.30. The summed E-state index contributed by atoms with van der Waals surface area (Å²) in [5.41, 5.74) is -0.767. The van der Waals surface area contributed by atoms with E-state index in [1.165, 1.54) is 0 Å². The Labute approximate surface area is 118 Å². The van der Waals surface area contributed by atoms with Gasteiger partial charge in [0.15, 0.2) is 5.78 Å². The Hall–Kier alpha value is -1.29. The number of nitrogens with zero attached hydrogens (tertiary/aromatic N) is 1. The van der Waals surface area contributed by atoms with E-state index in [-0.39, 0.29) is 11.3 Å². The molecular weight excluding hydrogens is 260 g/mol. The maximum Gasteiger partial charge on any atom is 0.186 e. The second-order valence-electron chi connectivity index (χ2n) is 5.36. The van der Waals surface area contributed by atoms with Crippen LogP contribution in [0.2, 0.25) is 0 Å².